The molecular formula is C25H32N2O5S. The average molecular weight is 473 g/mol. The maximum Gasteiger partial charge on any atom is 0.243 e. The summed E-state index contributed by atoms with van der Waals surface area (Å²) in [5.74, 6) is 1.29. The van der Waals surface area contributed by atoms with Gasteiger partial charge in [0.1, 0.15) is 18.1 Å². The maximum absolute atomic E-state index is 13.1. The predicted octanol–water partition coefficient (Wildman–Crippen LogP) is 3.17. The summed E-state index contributed by atoms with van der Waals surface area (Å²) < 4.78 is 38.7. The number of ether oxygens (including phenoxy) is 2. The first kappa shape index (κ1) is 23.6. The van der Waals surface area contributed by atoms with Crippen LogP contribution in [0.5, 0.6) is 11.5 Å². The van der Waals surface area contributed by atoms with E-state index < -0.39 is 10.0 Å². The molecule has 0 atom stereocenters. The molecule has 1 amide bonds. The SMILES string of the molecule is CCOc1ccc(OCCNC(=O)C2CCN(S(=O)(=O)c3ccc4c(c3)CCC4)CC2)cc1. The van der Waals surface area contributed by atoms with Crippen LogP contribution in [0.2, 0.25) is 0 Å². The Hall–Kier alpha value is -2.58. The number of carbonyl (C=O) groups excluding carboxylic acids is 1. The normalized spacial score (nSPS) is 16.9. The molecule has 0 radical (unpaired) electrons. The highest BCUT2D eigenvalue weighted by atomic mass is 32.2. The second-order valence-electron chi connectivity index (χ2n) is 8.51. The minimum Gasteiger partial charge on any atom is -0.494 e. The molecule has 0 aromatic heterocycles. The first-order chi connectivity index (χ1) is 16.0. The molecule has 1 aliphatic heterocycles. The fourth-order valence-corrected chi connectivity index (χ4v) is 6.02. The van der Waals surface area contributed by atoms with Gasteiger partial charge in [-0.15, -0.1) is 0 Å². The van der Waals surface area contributed by atoms with Crippen molar-refractivity contribution in [2.45, 2.75) is 43.9 Å². The molecule has 2 aliphatic rings. The van der Waals surface area contributed by atoms with Crippen molar-refractivity contribution >= 4 is 15.9 Å². The van der Waals surface area contributed by atoms with E-state index in [-0.39, 0.29) is 11.8 Å². The van der Waals surface area contributed by atoms with Crippen LogP contribution in [0.15, 0.2) is 47.4 Å². The average Bonchev–Trinajstić information content (AvgIpc) is 3.31. The van der Waals surface area contributed by atoms with E-state index in [1.54, 1.807) is 6.07 Å². The van der Waals surface area contributed by atoms with Crippen LogP contribution < -0.4 is 14.8 Å². The fourth-order valence-electron chi connectivity index (χ4n) is 4.50. The third-order valence-electron chi connectivity index (χ3n) is 6.34. The number of sulfonamides is 1. The molecule has 0 unspecified atom stereocenters. The van der Waals surface area contributed by atoms with E-state index in [1.807, 2.05) is 43.3 Å². The number of hydrogen-bond donors (Lipinski definition) is 1. The van der Waals surface area contributed by atoms with Crippen molar-refractivity contribution < 1.29 is 22.7 Å². The number of hydrogen-bond acceptors (Lipinski definition) is 5. The number of fused-ring (bicyclic) bond motifs is 1. The zero-order valence-corrected chi connectivity index (χ0v) is 19.9. The van der Waals surface area contributed by atoms with Gasteiger partial charge in [0.15, 0.2) is 0 Å². The number of aryl methyl sites for hydroxylation is 2. The van der Waals surface area contributed by atoms with Crippen LogP contribution in [0.4, 0.5) is 0 Å². The van der Waals surface area contributed by atoms with Gasteiger partial charge in [-0.1, -0.05) is 6.07 Å². The van der Waals surface area contributed by atoms with Crippen LogP contribution in [0, 0.1) is 5.92 Å². The van der Waals surface area contributed by atoms with Crippen LogP contribution in [-0.2, 0) is 27.7 Å². The highest BCUT2D eigenvalue weighted by Gasteiger charge is 2.32. The van der Waals surface area contributed by atoms with Crippen LogP contribution in [0.25, 0.3) is 0 Å². The maximum atomic E-state index is 13.1. The van der Waals surface area contributed by atoms with E-state index in [1.165, 1.54) is 9.87 Å². The summed E-state index contributed by atoms with van der Waals surface area (Å²) >= 11 is 0. The van der Waals surface area contributed by atoms with E-state index in [4.69, 9.17) is 9.47 Å². The van der Waals surface area contributed by atoms with Gasteiger partial charge in [-0.3, -0.25) is 4.79 Å². The molecule has 1 heterocycles. The molecule has 33 heavy (non-hydrogen) atoms. The highest BCUT2D eigenvalue weighted by molar-refractivity contribution is 7.89. The van der Waals surface area contributed by atoms with Crippen LogP contribution in [0.1, 0.15) is 37.3 Å². The third kappa shape index (κ3) is 5.68. The van der Waals surface area contributed by atoms with Crippen molar-refractivity contribution in [1.82, 2.24) is 9.62 Å². The Morgan fingerprint density at radius 2 is 1.67 bits per heavy atom. The summed E-state index contributed by atoms with van der Waals surface area (Å²) in [4.78, 5) is 12.9. The monoisotopic (exact) mass is 472 g/mol. The Balaban J connectivity index is 1.21. The minimum absolute atomic E-state index is 0.0418. The van der Waals surface area contributed by atoms with Crippen molar-refractivity contribution in [1.29, 1.82) is 0 Å². The van der Waals surface area contributed by atoms with Gasteiger partial charge >= 0.3 is 0 Å². The zero-order chi connectivity index (χ0) is 23.3. The van der Waals surface area contributed by atoms with Gasteiger partial charge in [0.2, 0.25) is 15.9 Å². The van der Waals surface area contributed by atoms with Gasteiger partial charge < -0.3 is 14.8 Å². The summed E-state index contributed by atoms with van der Waals surface area (Å²) in [5, 5.41) is 2.91. The summed E-state index contributed by atoms with van der Waals surface area (Å²) in [6, 6.07) is 12.9. The number of carbonyl (C=O) groups is 1. The van der Waals surface area contributed by atoms with E-state index in [0.717, 1.165) is 36.3 Å². The minimum atomic E-state index is -3.52. The number of amides is 1. The molecular weight excluding hydrogens is 440 g/mol. The highest BCUT2D eigenvalue weighted by Crippen LogP contribution is 2.28. The lowest BCUT2D eigenvalue weighted by Crippen LogP contribution is -2.43. The van der Waals surface area contributed by atoms with Gasteiger partial charge in [-0.05, 0) is 86.6 Å². The Bertz CT molecular complexity index is 1060. The quantitative estimate of drug-likeness (QED) is 0.567. The summed E-state index contributed by atoms with van der Waals surface area (Å²) in [7, 11) is -3.52. The first-order valence-corrected chi connectivity index (χ1v) is 13.2. The molecule has 0 saturated carbocycles. The van der Waals surface area contributed by atoms with Crippen molar-refractivity contribution in [3.8, 4) is 11.5 Å². The van der Waals surface area contributed by atoms with Gasteiger partial charge in [0.25, 0.3) is 0 Å². The van der Waals surface area contributed by atoms with Crippen molar-refractivity contribution in [2.75, 3.05) is 32.8 Å². The summed E-state index contributed by atoms with van der Waals surface area (Å²) in [6.45, 7) is 4.04. The molecule has 2 aromatic carbocycles. The van der Waals surface area contributed by atoms with Gasteiger partial charge in [-0.2, -0.15) is 4.31 Å². The second kappa shape index (κ2) is 10.6. The van der Waals surface area contributed by atoms with E-state index >= 15 is 0 Å². The molecule has 7 nitrogen and oxygen atoms in total. The standard InChI is InChI=1S/C25H32N2O5S/c1-2-31-22-7-9-23(10-8-22)32-17-14-26-25(28)20-12-15-27(16-13-20)33(29,30)24-11-6-19-4-3-5-21(19)18-24/h6-11,18,20H,2-5,12-17H2,1H3,(H,26,28). The Labute approximate surface area is 196 Å². The molecule has 1 aliphatic carbocycles. The topological polar surface area (TPSA) is 84.9 Å². The van der Waals surface area contributed by atoms with E-state index in [0.29, 0.717) is 50.6 Å². The van der Waals surface area contributed by atoms with Crippen LogP contribution in [-0.4, -0.2) is 51.5 Å². The molecule has 178 valence electrons. The van der Waals surface area contributed by atoms with Gasteiger partial charge in [0.05, 0.1) is 18.0 Å². The fraction of sp³-hybridized carbons (Fsp3) is 0.480. The Morgan fingerprint density at radius 3 is 2.36 bits per heavy atom. The number of nitrogens with one attached hydrogen (secondary N) is 1. The molecule has 4 rings (SSSR count). The summed E-state index contributed by atoms with van der Waals surface area (Å²) in [6.07, 6.45) is 4.11. The van der Waals surface area contributed by atoms with Crippen LogP contribution in [0.3, 0.4) is 0 Å². The lowest BCUT2D eigenvalue weighted by Gasteiger charge is -2.30. The summed E-state index contributed by atoms with van der Waals surface area (Å²) in [5.41, 5.74) is 2.41. The van der Waals surface area contributed by atoms with Crippen molar-refractivity contribution in [3.05, 3.63) is 53.6 Å². The van der Waals surface area contributed by atoms with Crippen molar-refractivity contribution in [3.63, 3.8) is 0 Å². The Kier molecular flexibility index (Phi) is 7.55. The molecule has 0 spiro atoms. The molecule has 1 N–H and O–H groups in total. The largest absolute Gasteiger partial charge is 0.494 e. The first-order valence-electron chi connectivity index (χ1n) is 11.7. The molecule has 2 aromatic rings. The lowest BCUT2D eigenvalue weighted by molar-refractivity contribution is -0.126. The predicted molar refractivity (Wildman–Crippen MR) is 126 cm³/mol. The van der Waals surface area contributed by atoms with Gasteiger partial charge in [-0.25, -0.2) is 8.42 Å². The van der Waals surface area contributed by atoms with Gasteiger partial charge in [0, 0.05) is 19.0 Å². The number of piperidine rings is 1. The molecule has 8 heteroatoms. The smallest absolute Gasteiger partial charge is 0.243 e. The lowest BCUT2D eigenvalue weighted by atomic mass is 9.97. The van der Waals surface area contributed by atoms with Crippen LogP contribution >= 0.6 is 0 Å². The van der Waals surface area contributed by atoms with E-state index in [2.05, 4.69) is 5.32 Å². The number of benzene rings is 2. The number of nitrogens with zero attached hydrogens (tertiary/aromatic N) is 1. The molecule has 0 bridgehead atoms. The second-order valence-corrected chi connectivity index (χ2v) is 10.4. The molecule has 1 saturated heterocycles. The third-order valence-corrected chi connectivity index (χ3v) is 8.23. The van der Waals surface area contributed by atoms with E-state index in [9.17, 15) is 13.2 Å². The number of rotatable bonds is 9. The zero-order valence-electron chi connectivity index (χ0n) is 19.1. The van der Waals surface area contributed by atoms with Crippen molar-refractivity contribution in [2.24, 2.45) is 5.92 Å². The Morgan fingerprint density at radius 1 is 1.00 bits per heavy atom. The molecule has 1 fully saturated rings.